The van der Waals surface area contributed by atoms with Crippen molar-refractivity contribution in [2.75, 3.05) is 30.9 Å². The quantitative estimate of drug-likeness (QED) is 0.644. The zero-order valence-corrected chi connectivity index (χ0v) is 18.5. The highest BCUT2D eigenvalue weighted by Crippen LogP contribution is 2.32. The number of nitrogens with zero attached hydrogens (tertiary/aromatic N) is 3. The Bertz CT molecular complexity index is 1270. The van der Waals surface area contributed by atoms with E-state index < -0.39 is 10.0 Å². The van der Waals surface area contributed by atoms with Crippen molar-refractivity contribution in [1.29, 1.82) is 0 Å². The number of rotatable bonds is 5. The second kappa shape index (κ2) is 8.52. The zero-order valence-electron chi connectivity index (χ0n) is 17.6. The van der Waals surface area contributed by atoms with Crippen molar-refractivity contribution in [2.45, 2.75) is 11.3 Å². The van der Waals surface area contributed by atoms with Gasteiger partial charge in [-0.15, -0.1) is 0 Å². The molecule has 32 heavy (non-hydrogen) atoms. The molecule has 4 rings (SSSR count). The largest absolute Gasteiger partial charge is 0.322 e. The summed E-state index contributed by atoms with van der Waals surface area (Å²) < 4.78 is 25.5. The van der Waals surface area contributed by atoms with Crippen LogP contribution in [0.4, 0.5) is 11.4 Å². The number of hydrogen-bond donors (Lipinski definition) is 1. The molecule has 0 radical (unpaired) electrons. The summed E-state index contributed by atoms with van der Waals surface area (Å²) in [6.45, 7) is 0.558. The van der Waals surface area contributed by atoms with Gasteiger partial charge in [0.25, 0.3) is 11.8 Å². The van der Waals surface area contributed by atoms with Gasteiger partial charge in [0.05, 0.1) is 10.5 Å². The molecule has 1 aliphatic heterocycles. The number of sulfonamides is 1. The fourth-order valence-corrected chi connectivity index (χ4v) is 4.41. The molecule has 0 saturated carbocycles. The molecule has 0 saturated heterocycles. The first kappa shape index (κ1) is 21.7. The zero-order chi connectivity index (χ0) is 22.9. The number of anilines is 2. The highest BCUT2D eigenvalue weighted by atomic mass is 32.2. The maximum atomic E-state index is 12.9. The van der Waals surface area contributed by atoms with Crippen molar-refractivity contribution in [1.82, 2.24) is 9.29 Å². The van der Waals surface area contributed by atoms with E-state index in [9.17, 15) is 18.0 Å². The van der Waals surface area contributed by atoms with Crippen LogP contribution in [0.1, 0.15) is 26.3 Å². The number of fused-ring (bicyclic) bond motifs is 1. The lowest BCUT2D eigenvalue weighted by Gasteiger charge is -2.18. The third-order valence-electron chi connectivity index (χ3n) is 5.29. The van der Waals surface area contributed by atoms with Gasteiger partial charge in [0.2, 0.25) is 10.0 Å². The van der Waals surface area contributed by atoms with Gasteiger partial charge in [-0.05, 0) is 60.5 Å². The van der Waals surface area contributed by atoms with Gasteiger partial charge < -0.3 is 10.2 Å². The summed E-state index contributed by atoms with van der Waals surface area (Å²) in [5.74, 6) is -0.514. The van der Waals surface area contributed by atoms with E-state index in [1.54, 1.807) is 35.4 Å². The van der Waals surface area contributed by atoms with Gasteiger partial charge in [-0.25, -0.2) is 12.7 Å². The summed E-state index contributed by atoms with van der Waals surface area (Å²) in [5, 5.41) is 2.82. The van der Waals surface area contributed by atoms with Crippen molar-refractivity contribution in [3.05, 3.63) is 83.7 Å². The summed E-state index contributed by atoms with van der Waals surface area (Å²) >= 11 is 0. The number of pyridine rings is 1. The molecule has 1 aliphatic rings. The van der Waals surface area contributed by atoms with E-state index >= 15 is 0 Å². The van der Waals surface area contributed by atoms with Gasteiger partial charge in [-0.1, -0.05) is 6.07 Å². The first-order chi connectivity index (χ1) is 15.3. The van der Waals surface area contributed by atoms with E-state index in [4.69, 9.17) is 0 Å². The minimum Gasteiger partial charge on any atom is -0.322 e. The number of nitrogens with one attached hydrogen (secondary N) is 1. The smallest absolute Gasteiger partial charge is 0.259 e. The number of aromatic nitrogens is 1. The van der Waals surface area contributed by atoms with Crippen molar-refractivity contribution < 1.29 is 18.0 Å². The van der Waals surface area contributed by atoms with Gasteiger partial charge in [-0.3, -0.25) is 14.6 Å². The number of amides is 2. The van der Waals surface area contributed by atoms with Gasteiger partial charge in [0.1, 0.15) is 0 Å². The summed E-state index contributed by atoms with van der Waals surface area (Å²) in [6.07, 6.45) is 3.88. The first-order valence-electron chi connectivity index (χ1n) is 9.96. The highest BCUT2D eigenvalue weighted by molar-refractivity contribution is 7.89. The van der Waals surface area contributed by atoms with Crippen LogP contribution in [0.5, 0.6) is 0 Å². The van der Waals surface area contributed by atoms with E-state index in [1.807, 2.05) is 6.07 Å². The molecule has 2 amide bonds. The lowest BCUT2D eigenvalue weighted by atomic mass is 10.1. The van der Waals surface area contributed by atoms with Crippen molar-refractivity contribution >= 4 is 33.2 Å². The molecular formula is C23H22N4O4S. The summed E-state index contributed by atoms with van der Waals surface area (Å²) in [4.78, 5) is 31.4. The van der Waals surface area contributed by atoms with E-state index in [0.29, 0.717) is 23.4 Å². The fraction of sp³-hybridized carbons (Fsp3) is 0.174. The molecule has 2 heterocycles. The van der Waals surface area contributed by atoms with Crippen LogP contribution >= 0.6 is 0 Å². The Kier molecular flexibility index (Phi) is 5.77. The maximum absolute atomic E-state index is 12.9. The van der Waals surface area contributed by atoms with E-state index in [-0.39, 0.29) is 16.7 Å². The van der Waals surface area contributed by atoms with Crippen LogP contribution in [-0.2, 0) is 16.4 Å². The Hall–Kier alpha value is -3.56. The Morgan fingerprint density at radius 3 is 2.44 bits per heavy atom. The fourth-order valence-electron chi connectivity index (χ4n) is 3.51. The second-order valence-corrected chi connectivity index (χ2v) is 9.71. The molecule has 0 atom stereocenters. The molecule has 164 valence electrons. The van der Waals surface area contributed by atoms with Crippen LogP contribution in [0, 0.1) is 0 Å². The lowest BCUT2D eigenvalue weighted by Crippen LogP contribution is -2.29. The summed E-state index contributed by atoms with van der Waals surface area (Å²) in [7, 11) is -0.662. The van der Waals surface area contributed by atoms with Crippen molar-refractivity contribution in [2.24, 2.45) is 0 Å². The SMILES string of the molecule is CN(C)S(=O)(=O)c1ccc(C(=O)Nc2ccc3c(c2)N(C(=O)c2cccnc2)CC3)cc1. The van der Waals surface area contributed by atoms with Crippen molar-refractivity contribution in [3.8, 4) is 0 Å². The first-order valence-corrected chi connectivity index (χ1v) is 11.4. The lowest BCUT2D eigenvalue weighted by molar-refractivity contribution is 0.0987. The molecule has 0 aliphatic carbocycles. The summed E-state index contributed by atoms with van der Waals surface area (Å²) in [5.41, 5.74) is 3.15. The molecule has 0 fully saturated rings. The Labute approximate surface area is 186 Å². The molecule has 9 heteroatoms. The van der Waals surface area contributed by atoms with Gasteiger partial charge in [0, 0.05) is 50.0 Å². The molecule has 0 bridgehead atoms. The normalized spacial score (nSPS) is 13.2. The van der Waals surface area contributed by atoms with E-state index in [2.05, 4.69) is 10.3 Å². The van der Waals surface area contributed by atoms with E-state index in [1.165, 1.54) is 44.6 Å². The van der Waals surface area contributed by atoms with Crippen LogP contribution in [0.15, 0.2) is 71.9 Å². The van der Waals surface area contributed by atoms with Crippen LogP contribution in [0.3, 0.4) is 0 Å². The van der Waals surface area contributed by atoms with Gasteiger partial charge in [-0.2, -0.15) is 0 Å². The molecule has 3 aromatic rings. The van der Waals surface area contributed by atoms with Crippen LogP contribution in [0.25, 0.3) is 0 Å². The van der Waals surface area contributed by atoms with Gasteiger partial charge >= 0.3 is 0 Å². The number of carbonyl (C=O) groups excluding carboxylic acids is 2. The number of benzene rings is 2. The topological polar surface area (TPSA) is 99.7 Å². The third kappa shape index (κ3) is 4.12. The summed E-state index contributed by atoms with van der Waals surface area (Å²) in [6, 6.07) is 14.7. The van der Waals surface area contributed by atoms with Crippen molar-refractivity contribution in [3.63, 3.8) is 0 Å². The predicted octanol–water partition coefficient (Wildman–Crippen LogP) is 2.79. The highest BCUT2D eigenvalue weighted by Gasteiger charge is 2.26. The average Bonchev–Trinajstić information content (AvgIpc) is 3.22. The number of hydrogen-bond acceptors (Lipinski definition) is 5. The Morgan fingerprint density at radius 1 is 1.03 bits per heavy atom. The monoisotopic (exact) mass is 450 g/mol. The molecule has 1 aromatic heterocycles. The molecule has 2 aromatic carbocycles. The molecule has 0 unspecified atom stereocenters. The molecular weight excluding hydrogens is 428 g/mol. The van der Waals surface area contributed by atoms with Crippen LogP contribution in [-0.4, -0.2) is 50.2 Å². The third-order valence-corrected chi connectivity index (χ3v) is 7.12. The van der Waals surface area contributed by atoms with Gasteiger partial charge in [0.15, 0.2) is 0 Å². The predicted molar refractivity (Wildman–Crippen MR) is 121 cm³/mol. The molecule has 1 N–H and O–H groups in total. The second-order valence-electron chi connectivity index (χ2n) is 7.56. The minimum atomic E-state index is -3.56. The molecule has 8 nitrogen and oxygen atoms in total. The van der Waals surface area contributed by atoms with Crippen LogP contribution in [0.2, 0.25) is 0 Å². The van der Waals surface area contributed by atoms with E-state index in [0.717, 1.165) is 22.0 Å². The standard InChI is InChI=1S/C23H22N4O4S/c1-26(2)32(30,31)20-9-6-17(7-10-20)22(28)25-19-8-5-16-11-13-27(21(16)14-19)23(29)18-4-3-12-24-15-18/h3-10,12,14-15H,11,13H2,1-2H3,(H,25,28). The molecule has 0 spiro atoms. The van der Waals surface area contributed by atoms with Crippen LogP contribution < -0.4 is 10.2 Å². The number of carbonyl (C=O) groups is 2. The Morgan fingerprint density at radius 2 is 1.78 bits per heavy atom. The average molecular weight is 451 g/mol. The minimum absolute atomic E-state index is 0.112. The Balaban J connectivity index is 1.53. The maximum Gasteiger partial charge on any atom is 0.259 e.